The second-order valence-electron chi connectivity index (χ2n) is 8.80. The van der Waals surface area contributed by atoms with Gasteiger partial charge in [0, 0.05) is 39.3 Å². The predicted octanol–water partition coefficient (Wildman–Crippen LogP) is 3.41. The Morgan fingerprint density at radius 1 is 0.906 bits per heavy atom. The van der Waals surface area contributed by atoms with Gasteiger partial charge in [-0.05, 0) is 64.3 Å². The van der Waals surface area contributed by atoms with Gasteiger partial charge in [0.15, 0.2) is 5.96 Å². The summed E-state index contributed by atoms with van der Waals surface area (Å²) in [4.78, 5) is 12.7. The molecule has 182 valence electrons. The van der Waals surface area contributed by atoms with E-state index in [1.165, 1.54) is 83.6 Å². The van der Waals surface area contributed by atoms with E-state index in [9.17, 15) is 0 Å². The highest BCUT2D eigenvalue weighted by atomic mass is 127. The number of guanidine groups is 1. The minimum atomic E-state index is 0. The number of likely N-dealkylation sites (N-methyl/N-ethyl adjacent to an activating group) is 1. The molecule has 3 rings (SSSR count). The van der Waals surface area contributed by atoms with Crippen LogP contribution >= 0.6 is 24.0 Å². The SMILES string of the molecule is CCNC(=NCC(c1ccccc1)N1CCCC1)NCCCCN1CCN(CC)CC1.I. The molecule has 0 saturated carbocycles. The van der Waals surface area contributed by atoms with E-state index in [1.54, 1.807) is 0 Å². The number of hydrogen-bond donors (Lipinski definition) is 2. The van der Waals surface area contributed by atoms with Crippen LogP contribution in [0.2, 0.25) is 0 Å². The molecule has 2 aliphatic heterocycles. The number of rotatable bonds is 11. The molecule has 1 aromatic rings. The molecule has 6 nitrogen and oxygen atoms in total. The van der Waals surface area contributed by atoms with E-state index in [0.29, 0.717) is 6.04 Å². The lowest BCUT2D eigenvalue weighted by molar-refractivity contribution is 0.136. The van der Waals surface area contributed by atoms with Crippen molar-refractivity contribution in [1.29, 1.82) is 0 Å². The van der Waals surface area contributed by atoms with E-state index in [-0.39, 0.29) is 24.0 Å². The van der Waals surface area contributed by atoms with E-state index in [2.05, 4.69) is 69.5 Å². The lowest BCUT2D eigenvalue weighted by Crippen LogP contribution is -2.46. The summed E-state index contributed by atoms with van der Waals surface area (Å²) in [7, 11) is 0. The van der Waals surface area contributed by atoms with Crippen molar-refractivity contribution >= 4 is 29.9 Å². The smallest absolute Gasteiger partial charge is 0.191 e. The zero-order chi connectivity index (χ0) is 21.7. The number of likely N-dealkylation sites (tertiary alicyclic amines) is 1. The molecule has 2 heterocycles. The first-order valence-corrected chi connectivity index (χ1v) is 12.6. The molecular formula is C25H45IN6. The molecule has 0 radical (unpaired) electrons. The topological polar surface area (TPSA) is 46.1 Å². The predicted molar refractivity (Wildman–Crippen MR) is 147 cm³/mol. The largest absolute Gasteiger partial charge is 0.357 e. The van der Waals surface area contributed by atoms with Crippen LogP contribution in [-0.4, -0.2) is 92.7 Å². The number of unbranched alkanes of at least 4 members (excludes halogenated alkanes) is 1. The van der Waals surface area contributed by atoms with E-state index >= 15 is 0 Å². The molecule has 1 atom stereocenters. The molecule has 2 fully saturated rings. The van der Waals surface area contributed by atoms with Gasteiger partial charge in [0.2, 0.25) is 0 Å². The van der Waals surface area contributed by atoms with Crippen molar-refractivity contribution < 1.29 is 0 Å². The molecule has 2 saturated heterocycles. The number of halogens is 1. The first-order valence-electron chi connectivity index (χ1n) is 12.6. The fourth-order valence-corrected chi connectivity index (χ4v) is 4.68. The minimum Gasteiger partial charge on any atom is -0.357 e. The van der Waals surface area contributed by atoms with E-state index in [0.717, 1.165) is 25.6 Å². The average Bonchev–Trinajstić information content (AvgIpc) is 3.34. The molecule has 0 bridgehead atoms. The van der Waals surface area contributed by atoms with Crippen molar-refractivity contribution in [2.75, 3.05) is 72.0 Å². The van der Waals surface area contributed by atoms with Crippen LogP contribution in [0.1, 0.15) is 51.1 Å². The number of aliphatic imine (C=N–C) groups is 1. The third-order valence-electron chi connectivity index (χ3n) is 6.64. The summed E-state index contributed by atoms with van der Waals surface area (Å²) in [6.07, 6.45) is 5.04. The number of hydrogen-bond acceptors (Lipinski definition) is 4. The highest BCUT2D eigenvalue weighted by molar-refractivity contribution is 14.0. The van der Waals surface area contributed by atoms with Gasteiger partial charge in [-0.1, -0.05) is 37.3 Å². The maximum Gasteiger partial charge on any atom is 0.191 e. The van der Waals surface area contributed by atoms with Crippen LogP contribution in [-0.2, 0) is 0 Å². The van der Waals surface area contributed by atoms with Crippen molar-refractivity contribution in [1.82, 2.24) is 25.3 Å². The van der Waals surface area contributed by atoms with Gasteiger partial charge in [0.05, 0.1) is 12.6 Å². The molecule has 1 unspecified atom stereocenters. The Kier molecular flexibility index (Phi) is 13.5. The van der Waals surface area contributed by atoms with E-state index in [4.69, 9.17) is 4.99 Å². The molecule has 1 aromatic carbocycles. The fourth-order valence-electron chi connectivity index (χ4n) is 4.68. The Morgan fingerprint density at radius 3 is 2.25 bits per heavy atom. The van der Waals surface area contributed by atoms with Gasteiger partial charge in [0.25, 0.3) is 0 Å². The summed E-state index contributed by atoms with van der Waals surface area (Å²) < 4.78 is 0. The number of benzene rings is 1. The second-order valence-corrected chi connectivity index (χ2v) is 8.80. The maximum atomic E-state index is 4.98. The normalized spacial score (nSPS) is 19.5. The van der Waals surface area contributed by atoms with Crippen LogP contribution in [0.3, 0.4) is 0 Å². The lowest BCUT2D eigenvalue weighted by atomic mass is 10.1. The quantitative estimate of drug-likeness (QED) is 0.189. The highest BCUT2D eigenvalue weighted by Gasteiger charge is 2.23. The zero-order valence-electron chi connectivity index (χ0n) is 20.3. The Bertz CT molecular complexity index is 627. The van der Waals surface area contributed by atoms with Crippen molar-refractivity contribution in [3.05, 3.63) is 35.9 Å². The van der Waals surface area contributed by atoms with Crippen LogP contribution in [0.15, 0.2) is 35.3 Å². The monoisotopic (exact) mass is 556 g/mol. The van der Waals surface area contributed by atoms with Crippen LogP contribution < -0.4 is 10.6 Å². The molecule has 2 aliphatic rings. The van der Waals surface area contributed by atoms with Crippen molar-refractivity contribution in [3.63, 3.8) is 0 Å². The van der Waals surface area contributed by atoms with Crippen molar-refractivity contribution in [2.45, 2.75) is 45.6 Å². The average molecular weight is 557 g/mol. The standard InChI is InChI=1S/C25H44N6.HI/c1-3-26-25(27-14-8-9-15-30-20-18-29(4-2)19-21-30)28-22-24(31-16-10-11-17-31)23-12-6-5-7-13-23;/h5-7,12-13,24H,3-4,8-11,14-22H2,1-2H3,(H2,26,27,28);1H. The molecule has 32 heavy (non-hydrogen) atoms. The molecular weight excluding hydrogens is 511 g/mol. The third kappa shape index (κ3) is 9.15. The summed E-state index contributed by atoms with van der Waals surface area (Å²) in [5, 5.41) is 7.00. The Balaban J connectivity index is 0.00000363. The Morgan fingerprint density at radius 2 is 1.59 bits per heavy atom. The van der Waals surface area contributed by atoms with Crippen LogP contribution in [0.4, 0.5) is 0 Å². The molecule has 2 N–H and O–H groups in total. The second kappa shape index (κ2) is 15.9. The van der Waals surface area contributed by atoms with Crippen LogP contribution in [0.25, 0.3) is 0 Å². The van der Waals surface area contributed by atoms with Gasteiger partial charge >= 0.3 is 0 Å². The van der Waals surface area contributed by atoms with Gasteiger partial charge in [-0.25, -0.2) is 0 Å². The first kappa shape index (κ1) is 27.3. The Hall–Kier alpha value is -0.900. The number of nitrogens with zero attached hydrogens (tertiary/aromatic N) is 4. The first-order chi connectivity index (χ1) is 15.3. The summed E-state index contributed by atoms with van der Waals surface area (Å²) in [5.74, 6) is 0.958. The van der Waals surface area contributed by atoms with Crippen molar-refractivity contribution in [3.8, 4) is 0 Å². The molecule has 0 spiro atoms. The lowest BCUT2D eigenvalue weighted by Gasteiger charge is -2.34. The van der Waals surface area contributed by atoms with Crippen LogP contribution in [0.5, 0.6) is 0 Å². The summed E-state index contributed by atoms with van der Waals surface area (Å²) >= 11 is 0. The van der Waals surface area contributed by atoms with E-state index < -0.39 is 0 Å². The van der Waals surface area contributed by atoms with Crippen LogP contribution in [0, 0.1) is 0 Å². The molecule has 0 aliphatic carbocycles. The van der Waals surface area contributed by atoms with Gasteiger partial charge in [-0.15, -0.1) is 24.0 Å². The zero-order valence-corrected chi connectivity index (χ0v) is 22.6. The molecule has 0 amide bonds. The fraction of sp³-hybridized carbons (Fsp3) is 0.720. The van der Waals surface area contributed by atoms with Gasteiger partial charge in [0.1, 0.15) is 0 Å². The maximum absolute atomic E-state index is 4.98. The summed E-state index contributed by atoms with van der Waals surface area (Å²) in [6.45, 7) is 16.8. The number of nitrogens with one attached hydrogen (secondary N) is 2. The summed E-state index contributed by atoms with van der Waals surface area (Å²) in [6, 6.07) is 11.3. The van der Waals surface area contributed by atoms with Crippen molar-refractivity contribution in [2.24, 2.45) is 4.99 Å². The molecule has 0 aromatic heterocycles. The number of piperazine rings is 1. The Labute approximate surface area is 213 Å². The van der Waals surface area contributed by atoms with Gasteiger partial charge < -0.3 is 20.4 Å². The summed E-state index contributed by atoms with van der Waals surface area (Å²) in [5.41, 5.74) is 1.38. The van der Waals surface area contributed by atoms with Gasteiger partial charge in [-0.2, -0.15) is 0 Å². The minimum absolute atomic E-state index is 0. The third-order valence-corrected chi connectivity index (χ3v) is 6.64. The highest BCUT2D eigenvalue weighted by Crippen LogP contribution is 2.25. The molecule has 7 heteroatoms. The van der Waals surface area contributed by atoms with E-state index in [1.807, 2.05) is 0 Å². The van der Waals surface area contributed by atoms with Gasteiger partial charge in [-0.3, -0.25) is 9.89 Å².